The van der Waals surface area contributed by atoms with Crippen molar-refractivity contribution >= 4 is 34.2 Å². The number of nitrogens with one attached hydrogen (secondary N) is 1. The lowest BCUT2D eigenvalue weighted by atomic mass is 10.2. The Morgan fingerprint density at radius 3 is 3.00 bits per heavy atom. The highest BCUT2D eigenvalue weighted by Gasteiger charge is 2.09. The molecule has 3 rings (SSSR count). The minimum absolute atomic E-state index is 0.189. The van der Waals surface area contributed by atoms with Crippen LogP contribution in [0.3, 0.4) is 0 Å². The predicted octanol–water partition coefficient (Wildman–Crippen LogP) is 3.23. The van der Waals surface area contributed by atoms with Gasteiger partial charge in [0.1, 0.15) is 11.8 Å². The van der Waals surface area contributed by atoms with Crippen molar-refractivity contribution in [2.45, 2.75) is 0 Å². The van der Waals surface area contributed by atoms with E-state index in [0.717, 1.165) is 0 Å². The van der Waals surface area contributed by atoms with Gasteiger partial charge in [0.2, 0.25) is 0 Å². The van der Waals surface area contributed by atoms with Gasteiger partial charge in [-0.15, -0.1) is 0 Å². The van der Waals surface area contributed by atoms with Crippen molar-refractivity contribution in [3.63, 3.8) is 0 Å². The van der Waals surface area contributed by atoms with Crippen LogP contribution in [0.1, 0.15) is 11.6 Å². The molecule has 2 aromatic heterocycles. The van der Waals surface area contributed by atoms with Crippen molar-refractivity contribution in [2.24, 2.45) is 0 Å². The van der Waals surface area contributed by atoms with Crippen LogP contribution in [0, 0.1) is 11.3 Å². The normalized spacial score (nSPS) is 11.5. The molecule has 0 amide bonds. The lowest BCUT2D eigenvalue weighted by Crippen LogP contribution is -2.11. The van der Waals surface area contributed by atoms with Crippen molar-refractivity contribution in [1.82, 2.24) is 9.97 Å². The van der Waals surface area contributed by atoms with Crippen molar-refractivity contribution in [3.8, 4) is 6.07 Å². The van der Waals surface area contributed by atoms with Gasteiger partial charge in [0, 0.05) is 11.1 Å². The van der Waals surface area contributed by atoms with E-state index in [1.807, 2.05) is 6.07 Å². The Balaban J connectivity index is 2.19. The van der Waals surface area contributed by atoms with E-state index in [1.165, 1.54) is 18.4 Å². The second kappa shape index (κ2) is 5.27. The zero-order chi connectivity index (χ0) is 14.8. The third-order valence-corrected chi connectivity index (χ3v) is 3.11. The Morgan fingerprint density at radius 1 is 1.43 bits per heavy atom. The standard InChI is InChI=1S/C15H8ClN3O2/c16-10-3-4-13-12(7-10)15(20)19-14(18-13)9(8-17)6-11-2-1-5-21-11/h1-7H,(H,18,19,20). The third kappa shape index (κ3) is 2.57. The molecule has 102 valence electrons. The van der Waals surface area contributed by atoms with E-state index < -0.39 is 0 Å². The molecule has 0 atom stereocenters. The molecule has 0 unspecified atom stereocenters. The molecule has 0 aliphatic rings. The van der Waals surface area contributed by atoms with Crippen molar-refractivity contribution < 1.29 is 4.42 Å². The summed E-state index contributed by atoms with van der Waals surface area (Å²) < 4.78 is 5.16. The molecule has 0 aliphatic heterocycles. The van der Waals surface area contributed by atoms with Gasteiger partial charge >= 0.3 is 0 Å². The number of benzene rings is 1. The number of halogens is 1. The lowest BCUT2D eigenvalue weighted by Gasteiger charge is -2.02. The molecule has 0 fully saturated rings. The van der Waals surface area contributed by atoms with Gasteiger partial charge in [-0.1, -0.05) is 11.6 Å². The highest BCUT2D eigenvalue weighted by molar-refractivity contribution is 6.31. The van der Waals surface area contributed by atoms with Gasteiger partial charge in [-0.25, -0.2) is 4.98 Å². The molecule has 0 bridgehead atoms. The third-order valence-electron chi connectivity index (χ3n) is 2.87. The molecule has 5 nitrogen and oxygen atoms in total. The Bertz CT molecular complexity index is 934. The maximum Gasteiger partial charge on any atom is 0.259 e. The van der Waals surface area contributed by atoms with Crippen LogP contribution < -0.4 is 5.56 Å². The molecule has 3 aromatic rings. The maximum absolute atomic E-state index is 12.1. The fourth-order valence-corrected chi connectivity index (χ4v) is 2.08. The van der Waals surface area contributed by atoms with E-state index in [0.29, 0.717) is 21.7 Å². The first-order valence-corrected chi connectivity index (χ1v) is 6.40. The first-order valence-electron chi connectivity index (χ1n) is 6.02. The zero-order valence-corrected chi connectivity index (χ0v) is 11.4. The van der Waals surface area contributed by atoms with E-state index in [1.54, 1.807) is 24.3 Å². The number of allylic oxidation sites excluding steroid dienone is 1. The monoisotopic (exact) mass is 297 g/mol. The molecule has 21 heavy (non-hydrogen) atoms. The number of nitriles is 1. The van der Waals surface area contributed by atoms with Gasteiger partial charge in [-0.3, -0.25) is 4.79 Å². The van der Waals surface area contributed by atoms with E-state index in [2.05, 4.69) is 9.97 Å². The SMILES string of the molecule is N#CC(=Cc1ccco1)c1nc2ccc(Cl)cc2c(=O)[nH]1. The summed E-state index contributed by atoms with van der Waals surface area (Å²) in [6.45, 7) is 0. The first-order chi connectivity index (χ1) is 10.2. The Hall–Kier alpha value is -2.84. The highest BCUT2D eigenvalue weighted by atomic mass is 35.5. The number of hydrogen-bond acceptors (Lipinski definition) is 4. The smallest absolute Gasteiger partial charge is 0.259 e. The molecule has 6 heteroatoms. The number of H-pyrrole nitrogens is 1. The van der Waals surface area contributed by atoms with Crippen molar-refractivity contribution in [2.75, 3.05) is 0 Å². The van der Waals surface area contributed by atoms with Crippen LogP contribution in [0.2, 0.25) is 5.02 Å². The number of fused-ring (bicyclic) bond motifs is 1. The fourth-order valence-electron chi connectivity index (χ4n) is 1.91. The minimum atomic E-state index is -0.349. The van der Waals surface area contributed by atoms with E-state index in [4.69, 9.17) is 16.0 Å². The zero-order valence-electron chi connectivity index (χ0n) is 10.6. The average Bonchev–Trinajstić information content (AvgIpc) is 2.98. The van der Waals surface area contributed by atoms with Crippen LogP contribution in [0.5, 0.6) is 0 Å². The summed E-state index contributed by atoms with van der Waals surface area (Å²) in [5.74, 6) is 0.694. The molecule has 1 N–H and O–H groups in total. The Morgan fingerprint density at radius 2 is 2.29 bits per heavy atom. The second-order valence-electron chi connectivity index (χ2n) is 4.26. The average molecular weight is 298 g/mol. The van der Waals surface area contributed by atoms with Crippen LogP contribution in [-0.2, 0) is 0 Å². The minimum Gasteiger partial charge on any atom is -0.465 e. The van der Waals surface area contributed by atoms with Gasteiger partial charge in [-0.2, -0.15) is 5.26 Å². The number of hydrogen-bond donors (Lipinski definition) is 1. The topological polar surface area (TPSA) is 82.7 Å². The van der Waals surface area contributed by atoms with Gasteiger partial charge < -0.3 is 9.40 Å². The number of aromatic nitrogens is 2. The van der Waals surface area contributed by atoms with Crippen LogP contribution in [0.15, 0.2) is 45.8 Å². The number of furan rings is 1. The Kier molecular flexibility index (Phi) is 3.30. The predicted molar refractivity (Wildman–Crippen MR) is 79.6 cm³/mol. The number of rotatable bonds is 2. The summed E-state index contributed by atoms with van der Waals surface area (Å²) in [5, 5.41) is 10.1. The van der Waals surface area contributed by atoms with Crippen LogP contribution in [0.4, 0.5) is 0 Å². The van der Waals surface area contributed by atoms with Gasteiger partial charge in [0.05, 0.1) is 22.7 Å². The molecular formula is C15H8ClN3O2. The van der Waals surface area contributed by atoms with E-state index in [-0.39, 0.29) is 17.0 Å². The molecule has 0 saturated carbocycles. The molecular weight excluding hydrogens is 290 g/mol. The Labute approximate surface area is 124 Å². The molecule has 0 aliphatic carbocycles. The van der Waals surface area contributed by atoms with Gasteiger partial charge in [-0.05, 0) is 30.3 Å². The first kappa shape index (κ1) is 13.2. The summed E-state index contributed by atoms with van der Waals surface area (Å²) in [5.41, 5.74) is 0.329. The summed E-state index contributed by atoms with van der Waals surface area (Å²) in [6, 6.07) is 10.2. The summed E-state index contributed by atoms with van der Waals surface area (Å²) in [6.07, 6.45) is 3.01. The largest absolute Gasteiger partial charge is 0.465 e. The fraction of sp³-hybridized carbons (Fsp3) is 0. The lowest BCUT2D eigenvalue weighted by molar-refractivity contribution is 0.557. The van der Waals surface area contributed by atoms with Crippen LogP contribution >= 0.6 is 11.6 Å². The van der Waals surface area contributed by atoms with E-state index in [9.17, 15) is 10.1 Å². The summed E-state index contributed by atoms with van der Waals surface area (Å²) in [7, 11) is 0. The van der Waals surface area contributed by atoms with Crippen LogP contribution in [-0.4, -0.2) is 9.97 Å². The molecule has 2 heterocycles. The molecule has 0 radical (unpaired) electrons. The second-order valence-corrected chi connectivity index (χ2v) is 4.70. The van der Waals surface area contributed by atoms with Gasteiger partial charge in [0.25, 0.3) is 5.56 Å². The highest BCUT2D eigenvalue weighted by Crippen LogP contribution is 2.18. The number of nitrogens with zero attached hydrogens (tertiary/aromatic N) is 2. The molecule has 0 spiro atoms. The van der Waals surface area contributed by atoms with Crippen LogP contribution in [0.25, 0.3) is 22.6 Å². The van der Waals surface area contributed by atoms with E-state index >= 15 is 0 Å². The maximum atomic E-state index is 12.1. The number of aromatic amines is 1. The summed E-state index contributed by atoms with van der Waals surface area (Å²) >= 11 is 5.86. The van der Waals surface area contributed by atoms with Crippen molar-refractivity contribution in [1.29, 1.82) is 5.26 Å². The quantitative estimate of drug-likeness (QED) is 0.736. The van der Waals surface area contributed by atoms with Gasteiger partial charge in [0.15, 0.2) is 5.82 Å². The molecule has 1 aromatic carbocycles. The summed E-state index contributed by atoms with van der Waals surface area (Å²) in [4.78, 5) is 18.9. The van der Waals surface area contributed by atoms with Crippen molar-refractivity contribution in [3.05, 3.63) is 63.6 Å². The molecule has 0 saturated heterocycles.